The molecule has 0 radical (unpaired) electrons. The molecule has 1 unspecified atom stereocenters. The largest absolute Gasteiger partial charge is 0.341 e. The van der Waals surface area contributed by atoms with Crippen LogP contribution < -0.4 is 10.1 Å². The second-order valence-electron chi connectivity index (χ2n) is 3.22. The highest BCUT2D eigenvalue weighted by molar-refractivity contribution is 7.77. The fraction of sp³-hybridized carbons (Fsp3) is 0.182. The Kier molecular flexibility index (Phi) is 4.20. The highest BCUT2D eigenvalue weighted by Crippen LogP contribution is 2.43. The molecule has 84 valence electrons. The number of hydrazone groups is 1. The van der Waals surface area contributed by atoms with Gasteiger partial charge in [0.15, 0.2) is 0 Å². The van der Waals surface area contributed by atoms with Crippen molar-refractivity contribution < 1.29 is 0 Å². The number of halogens is 1. The van der Waals surface area contributed by atoms with Crippen LogP contribution in [-0.2, 0) is 0 Å². The molecule has 0 bridgehead atoms. The number of rotatable bonds is 4. The Balaban J connectivity index is 2.19. The average molecular weight is 254 g/mol. The van der Waals surface area contributed by atoms with Crippen LogP contribution in [0.1, 0.15) is 0 Å². The van der Waals surface area contributed by atoms with E-state index >= 15 is 0 Å². The molecule has 0 saturated heterocycles. The summed E-state index contributed by atoms with van der Waals surface area (Å²) >= 11 is 5.85. The van der Waals surface area contributed by atoms with Crippen LogP contribution in [0.25, 0.3) is 0 Å². The number of hydrogen-bond acceptors (Lipinski definition) is 3. The first kappa shape index (κ1) is 11.4. The van der Waals surface area contributed by atoms with E-state index in [1.807, 2.05) is 30.4 Å². The molecule has 0 aliphatic carbocycles. The van der Waals surface area contributed by atoms with Gasteiger partial charge in [-0.1, -0.05) is 18.2 Å². The normalized spacial score (nSPS) is 18.2. The molecular formula is C11H13ClN3P. The summed E-state index contributed by atoms with van der Waals surface area (Å²) in [6, 6.07) is 10.3. The van der Waals surface area contributed by atoms with Crippen molar-refractivity contribution in [3.05, 3.63) is 42.3 Å². The summed E-state index contributed by atoms with van der Waals surface area (Å²) in [7, 11) is -0.503. The van der Waals surface area contributed by atoms with Crippen molar-refractivity contribution in [1.29, 1.82) is 0 Å². The van der Waals surface area contributed by atoms with Crippen molar-refractivity contribution in [2.45, 2.75) is 0 Å². The smallest absolute Gasteiger partial charge is 0.0725 e. The lowest BCUT2D eigenvalue weighted by Gasteiger charge is -2.29. The zero-order chi connectivity index (χ0) is 11.2. The summed E-state index contributed by atoms with van der Waals surface area (Å²) in [6.07, 6.45) is 1.87. The van der Waals surface area contributed by atoms with E-state index in [2.05, 4.69) is 33.1 Å². The minimum absolute atomic E-state index is 0.503. The first-order valence-corrected chi connectivity index (χ1v) is 7.01. The number of para-hydroxylation sites is 1. The molecule has 1 aliphatic rings. The third kappa shape index (κ3) is 2.75. The van der Waals surface area contributed by atoms with E-state index in [1.54, 1.807) is 0 Å². The number of alkyl halides is 1. The monoisotopic (exact) mass is 253 g/mol. The van der Waals surface area contributed by atoms with Crippen molar-refractivity contribution in [1.82, 2.24) is 5.43 Å². The second-order valence-corrected chi connectivity index (χ2v) is 5.37. The Morgan fingerprint density at radius 2 is 2.12 bits per heavy atom. The Morgan fingerprint density at radius 1 is 1.31 bits per heavy atom. The number of nitrogens with zero attached hydrogens (tertiary/aromatic N) is 2. The highest BCUT2D eigenvalue weighted by atomic mass is 35.5. The van der Waals surface area contributed by atoms with Crippen molar-refractivity contribution in [2.75, 3.05) is 17.1 Å². The quantitative estimate of drug-likeness (QED) is 0.659. The fourth-order valence-corrected chi connectivity index (χ4v) is 3.27. The Bertz CT molecular complexity index is 368. The maximum absolute atomic E-state index is 5.85. The minimum atomic E-state index is -0.503. The molecule has 1 aromatic carbocycles. The second kappa shape index (κ2) is 5.88. The molecule has 0 fully saturated rings. The van der Waals surface area contributed by atoms with Crippen LogP contribution in [0.4, 0.5) is 5.69 Å². The van der Waals surface area contributed by atoms with Gasteiger partial charge in [0.05, 0.1) is 14.0 Å². The highest BCUT2D eigenvalue weighted by Gasteiger charge is 2.15. The van der Waals surface area contributed by atoms with E-state index < -0.39 is 8.07 Å². The summed E-state index contributed by atoms with van der Waals surface area (Å²) < 4.78 is 2.28. The molecular weight excluding hydrogens is 241 g/mol. The van der Waals surface area contributed by atoms with E-state index in [1.165, 1.54) is 5.69 Å². The summed E-state index contributed by atoms with van der Waals surface area (Å²) in [5.41, 5.74) is 4.00. The summed E-state index contributed by atoms with van der Waals surface area (Å²) in [5.74, 6) is 4.68. The summed E-state index contributed by atoms with van der Waals surface area (Å²) in [4.78, 5) is 0. The summed E-state index contributed by atoms with van der Waals surface area (Å²) in [5, 5.41) is 4.07. The number of hydrogen-bond donors (Lipinski definition) is 1. The molecule has 1 aromatic rings. The van der Waals surface area contributed by atoms with Gasteiger partial charge in [-0.3, -0.25) is 5.43 Å². The van der Waals surface area contributed by atoms with E-state index in [0.29, 0.717) is 5.88 Å². The molecule has 3 nitrogen and oxygen atoms in total. The van der Waals surface area contributed by atoms with Crippen molar-refractivity contribution in [2.24, 2.45) is 5.10 Å². The molecule has 0 spiro atoms. The Hall–Kier alpha value is -1.05. The Labute approximate surface area is 102 Å². The van der Waals surface area contributed by atoms with Crippen molar-refractivity contribution in [3.63, 3.8) is 0 Å². The number of anilines is 1. The average Bonchev–Trinajstić information content (AvgIpc) is 2.38. The lowest BCUT2D eigenvalue weighted by atomic mass is 10.3. The van der Waals surface area contributed by atoms with Crippen molar-refractivity contribution >= 4 is 31.3 Å². The zero-order valence-electron chi connectivity index (χ0n) is 8.75. The van der Waals surface area contributed by atoms with Gasteiger partial charge < -0.3 is 4.67 Å². The molecule has 0 amide bonds. The lowest BCUT2D eigenvalue weighted by molar-refractivity contribution is 0.976. The fourth-order valence-electron chi connectivity index (χ4n) is 1.48. The van der Waals surface area contributed by atoms with Gasteiger partial charge in [0, 0.05) is 24.3 Å². The van der Waals surface area contributed by atoms with E-state index in [0.717, 1.165) is 6.54 Å². The zero-order valence-corrected chi connectivity index (χ0v) is 10.4. The predicted octanol–water partition coefficient (Wildman–Crippen LogP) is 3.15. The van der Waals surface area contributed by atoms with E-state index in [4.69, 9.17) is 11.6 Å². The molecule has 0 saturated carbocycles. The minimum Gasteiger partial charge on any atom is -0.341 e. The van der Waals surface area contributed by atoms with Crippen LogP contribution in [0, 0.1) is 0 Å². The van der Waals surface area contributed by atoms with Crippen LogP contribution >= 0.6 is 19.7 Å². The van der Waals surface area contributed by atoms with E-state index in [-0.39, 0.29) is 0 Å². The molecule has 2 rings (SSSR count). The molecule has 1 heterocycles. The summed E-state index contributed by atoms with van der Waals surface area (Å²) in [6.45, 7) is 0.827. The van der Waals surface area contributed by atoms with Crippen LogP contribution in [-0.4, -0.2) is 18.4 Å². The van der Waals surface area contributed by atoms with Gasteiger partial charge in [-0.25, -0.2) is 0 Å². The molecule has 1 atom stereocenters. The molecule has 0 aromatic heterocycles. The Morgan fingerprint density at radius 3 is 2.75 bits per heavy atom. The number of nitrogens with one attached hydrogen (secondary N) is 1. The SMILES string of the molecule is ClCCN(c1ccccc1)P1C=CNN=C1. The van der Waals surface area contributed by atoms with Gasteiger partial charge in [0.25, 0.3) is 0 Å². The van der Waals surface area contributed by atoms with Crippen LogP contribution in [0.15, 0.2) is 47.5 Å². The molecule has 16 heavy (non-hydrogen) atoms. The molecule has 1 N–H and O–H groups in total. The molecule has 5 heteroatoms. The van der Waals surface area contributed by atoms with Gasteiger partial charge in [0.2, 0.25) is 0 Å². The van der Waals surface area contributed by atoms with E-state index in [9.17, 15) is 0 Å². The third-order valence-corrected chi connectivity index (χ3v) is 4.15. The standard InChI is InChI=1S/C11H13ClN3P/c12-6-8-15(11-4-2-1-3-5-11)16-9-7-13-14-10-16/h1-5,7,9-10,13H,6,8H2. The van der Waals surface area contributed by atoms with Crippen molar-refractivity contribution in [3.8, 4) is 0 Å². The van der Waals surface area contributed by atoms with Crippen LogP contribution in [0.3, 0.4) is 0 Å². The maximum atomic E-state index is 5.85. The van der Waals surface area contributed by atoms with Gasteiger partial charge in [0.1, 0.15) is 0 Å². The third-order valence-electron chi connectivity index (χ3n) is 2.18. The first-order chi connectivity index (χ1) is 7.92. The first-order valence-electron chi connectivity index (χ1n) is 5.04. The lowest BCUT2D eigenvalue weighted by Crippen LogP contribution is -2.20. The topological polar surface area (TPSA) is 27.6 Å². The van der Waals surface area contributed by atoms with Gasteiger partial charge in [-0.15, -0.1) is 11.6 Å². The van der Waals surface area contributed by atoms with Crippen LogP contribution in [0.5, 0.6) is 0 Å². The van der Waals surface area contributed by atoms with Gasteiger partial charge in [-0.05, 0) is 17.9 Å². The van der Waals surface area contributed by atoms with Gasteiger partial charge in [-0.2, -0.15) is 5.10 Å². The molecule has 1 aliphatic heterocycles. The predicted molar refractivity (Wildman–Crippen MR) is 72.2 cm³/mol. The van der Waals surface area contributed by atoms with Gasteiger partial charge >= 0.3 is 0 Å². The maximum Gasteiger partial charge on any atom is 0.0725 e. The number of benzene rings is 1. The van der Waals surface area contributed by atoms with Crippen LogP contribution in [0.2, 0.25) is 0 Å².